The summed E-state index contributed by atoms with van der Waals surface area (Å²) in [5, 5.41) is 11.6. The van der Waals surface area contributed by atoms with Gasteiger partial charge in [-0.05, 0) is 62.0 Å². The average Bonchev–Trinajstić information content (AvgIpc) is 3.66. The number of fused-ring (bicyclic) bond motifs is 1. The zero-order chi connectivity index (χ0) is 27.6. The minimum atomic E-state index is -0.212. The largest absolute Gasteiger partial charge is 0.397 e. The van der Waals surface area contributed by atoms with E-state index in [1.807, 2.05) is 35.9 Å². The minimum absolute atomic E-state index is 0.0580. The fraction of sp³-hybridized carbons (Fsp3) is 0.321. The molecule has 1 saturated heterocycles. The lowest BCUT2D eigenvalue weighted by molar-refractivity contribution is -0.116. The third-order valence-corrected chi connectivity index (χ3v) is 7.75. The van der Waals surface area contributed by atoms with Crippen LogP contribution >= 0.6 is 11.5 Å². The first kappa shape index (κ1) is 26.0. The number of piperidine rings is 1. The van der Waals surface area contributed by atoms with Gasteiger partial charge in [0.2, 0.25) is 5.91 Å². The molecule has 0 radical (unpaired) electrons. The van der Waals surface area contributed by atoms with E-state index in [-0.39, 0.29) is 12.5 Å². The molecule has 1 atom stereocenters. The first-order valence-corrected chi connectivity index (χ1v) is 14.2. The molecule has 4 aromatic heterocycles. The monoisotopic (exact) mass is 556 g/mol. The summed E-state index contributed by atoms with van der Waals surface area (Å²) >= 11 is 1.44. The fourth-order valence-corrected chi connectivity index (χ4v) is 5.81. The number of para-hydroxylation sites is 2. The number of anilines is 4. The van der Waals surface area contributed by atoms with E-state index in [2.05, 4.69) is 43.0 Å². The number of likely N-dealkylation sites (tertiary alicyclic amines) is 1. The van der Waals surface area contributed by atoms with Crippen LogP contribution < -0.4 is 16.4 Å². The highest BCUT2D eigenvalue weighted by Crippen LogP contribution is 2.28. The molecule has 1 fully saturated rings. The molecule has 206 valence electrons. The van der Waals surface area contributed by atoms with Gasteiger partial charge >= 0.3 is 0 Å². The normalized spacial score (nSPS) is 15.9. The van der Waals surface area contributed by atoms with Crippen molar-refractivity contribution in [1.29, 1.82) is 0 Å². The number of nitrogen functional groups attached to an aromatic ring is 1. The molecule has 0 aliphatic carbocycles. The van der Waals surface area contributed by atoms with Crippen LogP contribution in [0.5, 0.6) is 0 Å². The maximum Gasteiger partial charge on any atom is 0.246 e. The molecule has 4 N–H and O–H groups in total. The van der Waals surface area contributed by atoms with E-state index >= 15 is 0 Å². The third-order valence-electron chi connectivity index (χ3n) is 7.01. The Morgan fingerprint density at radius 3 is 2.95 bits per heavy atom. The number of carbonyl (C=O) groups excluding carboxylic acids is 1. The molecule has 0 bridgehead atoms. The van der Waals surface area contributed by atoms with Crippen molar-refractivity contribution in [3.05, 3.63) is 66.5 Å². The SMILES string of the molecule is Cc1cn2c(-c3cnn(CC(=O)Nc4ccccc4N)c3)cnc2c(Nc2cc(CN3CCCC(C)C3)ns2)n1. The lowest BCUT2D eigenvalue weighted by Crippen LogP contribution is -2.33. The molecule has 1 amide bonds. The Kier molecular flexibility index (Phi) is 7.18. The van der Waals surface area contributed by atoms with Crippen molar-refractivity contribution in [2.24, 2.45) is 5.92 Å². The third kappa shape index (κ3) is 5.68. The Hall–Kier alpha value is -4.29. The molecule has 1 aliphatic rings. The summed E-state index contributed by atoms with van der Waals surface area (Å²) in [5.74, 6) is 1.19. The van der Waals surface area contributed by atoms with E-state index in [9.17, 15) is 4.79 Å². The number of nitrogens with one attached hydrogen (secondary N) is 2. The maximum atomic E-state index is 12.6. The maximum absolute atomic E-state index is 12.6. The molecule has 40 heavy (non-hydrogen) atoms. The van der Waals surface area contributed by atoms with Crippen LogP contribution in [0.25, 0.3) is 16.9 Å². The highest BCUT2D eigenvalue weighted by atomic mass is 32.1. The summed E-state index contributed by atoms with van der Waals surface area (Å²) in [7, 11) is 0. The molecule has 5 heterocycles. The molecule has 1 aromatic carbocycles. The smallest absolute Gasteiger partial charge is 0.246 e. The van der Waals surface area contributed by atoms with Crippen molar-refractivity contribution >= 4 is 45.3 Å². The van der Waals surface area contributed by atoms with E-state index in [0.717, 1.165) is 53.2 Å². The number of nitrogens with zero attached hydrogens (tertiary/aromatic N) is 7. The number of carbonyl (C=O) groups is 1. The lowest BCUT2D eigenvalue weighted by atomic mass is 10.0. The summed E-state index contributed by atoms with van der Waals surface area (Å²) in [4.78, 5) is 24.4. The van der Waals surface area contributed by atoms with Crippen molar-refractivity contribution in [1.82, 2.24) is 33.4 Å². The minimum Gasteiger partial charge on any atom is -0.397 e. The summed E-state index contributed by atoms with van der Waals surface area (Å²) in [6.45, 7) is 7.45. The topological polar surface area (TPSA) is 131 Å². The lowest BCUT2D eigenvalue weighted by Gasteiger charge is -2.30. The molecule has 11 nitrogen and oxygen atoms in total. The van der Waals surface area contributed by atoms with Gasteiger partial charge in [0.15, 0.2) is 11.5 Å². The van der Waals surface area contributed by atoms with Crippen LogP contribution in [0.4, 0.5) is 22.2 Å². The standard InChI is InChI=1S/C28H32N10OS/c1-18-6-5-9-36(13-18)16-21-10-26(40-35-21)34-27-28-30-12-24(38(28)14-19(2)32-27)20-11-31-37(15-20)17-25(39)33-23-8-4-3-7-22(23)29/h3-4,7-8,10-12,14-15,18H,5-6,9,13,16-17,29H2,1-2H3,(H,32,34)(H,33,39). The number of nitrogens with two attached hydrogens (primary N) is 1. The van der Waals surface area contributed by atoms with Crippen molar-refractivity contribution < 1.29 is 4.79 Å². The Bertz CT molecular complexity index is 1650. The number of imidazole rings is 1. The van der Waals surface area contributed by atoms with Gasteiger partial charge in [-0.15, -0.1) is 0 Å². The number of benzene rings is 1. The molecular weight excluding hydrogens is 524 g/mol. The molecular formula is C28H32N10OS. The summed E-state index contributed by atoms with van der Waals surface area (Å²) in [6.07, 6.45) is 9.86. The van der Waals surface area contributed by atoms with E-state index in [0.29, 0.717) is 22.8 Å². The van der Waals surface area contributed by atoms with Gasteiger partial charge in [0.05, 0.1) is 40.9 Å². The summed E-state index contributed by atoms with van der Waals surface area (Å²) in [6, 6.07) is 9.27. The Balaban J connectivity index is 1.17. The Morgan fingerprint density at radius 2 is 2.10 bits per heavy atom. The average molecular weight is 557 g/mol. The van der Waals surface area contributed by atoms with Crippen LogP contribution in [0.1, 0.15) is 31.2 Å². The van der Waals surface area contributed by atoms with Crippen molar-refractivity contribution in [2.45, 2.75) is 39.8 Å². The Labute approximate surface area is 236 Å². The van der Waals surface area contributed by atoms with Crippen LogP contribution in [-0.2, 0) is 17.9 Å². The van der Waals surface area contributed by atoms with E-state index in [1.54, 1.807) is 29.2 Å². The predicted molar refractivity (Wildman–Crippen MR) is 158 cm³/mol. The first-order valence-electron chi connectivity index (χ1n) is 13.4. The molecule has 6 rings (SSSR count). The van der Waals surface area contributed by atoms with Gasteiger partial charge in [0.1, 0.15) is 11.5 Å². The zero-order valence-electron chi connectivity index (χ0n) is 22.5. The highest BCUT2D eigenvalue weighted by Gasteiger charge is 2.19. The van der Waals surface area contributed by atoms with Gasteiger partial charge in [0, 0.05) is 31.0 Å². The van der Waals surface area contributed by atoms with Gasteiger partial charge in [-0.2, -0.15) is 9.47 Å². The van der Waals surface area contributed by atoms with Crippen molar-refractivity contribution in [3.8, 4) is 11.3 Å². The number of amides is 1. The van der Waals surface area contributed by atoms with Crippen LogP contribution in [0, 0.1) is 12.8 Å². The van der Waals surface area contributed by atoms with E-state index < -0.39 is 0 Å². The number of hydrogen-bond donors (Lipinski definition) is 3. The van der Waals surface area contributed by atoms with Crippen LogP contribution in [0.3, 0.4) is 0 Å². The second kappa shape index (κ2) is 11.1. The van der Waals surface area contributed by atoms with Gasteiger partial charge in [-0.25, -0.2) is 9.97 Å². The molecule has 1 unspecified atom stereocenters. The van der Waals surface area contributed by atoms with Crippen LogP contribution in [0.15, 0.2) is 55.1 Å². The van der Waals surface area contributed by atoms with Crippen LogP contribution in [-0.4, -0.2) is 52.4 Å². The van der Waals surface area contributed by atoms with E-state index in [1.165, 1.54) is 24.4 Å². The molecule has 1 aliphatic heterocycles. The second-order valence-electron chi connectivity index (χ2n) is 10.4. The number of aromatic nitrogens is 6. The van der Waals surface area contributed by atoms with Crippen LogP contribution in [0.2, 0.25) is 0 Å². The number of hydrogen-bond acceptors (Lipinski definition) is 9. The van der Waals surface area contributed by atoms with Gasteiger partial charge in [-0.3, -0.25) is 18.8 Å². The number of aryl methyl sites for hydroxylation is 1. The van der Waals surface area contributed by atoms with Gasteiger partial charge in [0.25, 0.3) is 0 Å². The van der Waals surface area contributed by atoms with Crippen molar-refractivity contribution in [2.75, 3.05) is 29.5 Å². The molecule has 0 spiro atoms. The predicted octanol–water partition coefficient (Wildman–Crippen LogP) is 4.55. The molecule has 12 heteroatoms. The summed E-state index contributed by atoms with van der Waals surface area (Å²) in [5.41, 5.74) is 11.3. The fourth-order valence-electron chi connectivity index (χ4n) is 5.16. The zero-order valence-corrected chi connectivity index (χ0v) is 23.4. The molecule has 5 aromatic rings. The van der Waals surface area contributed by atoms with Crippen molar-refractivity contribution in [3.63, 3.8) is 0 Å². The quantitative estimate of drug-likeness (QED) is 0.237. The van der Waals surface area contributed by atoms with E-state index in [4.69, 9.17) is 10.7 Å². The number of rotatable bonds is 8. The Morgan fingerprint density at radius 1 is 1.23 bits per heavy atom. The highest BCUT2D eigenvalue weighted by molar-refractivity contribution is 7.10. The second-order valence-corrected chi connectivity index (χ2v) is 11.2. The first-order chi connectivity index (χ1) is 19.4. The summed E-state index contributed by atoms with van der Waals surface area (Å²) < 4.78 is 8.27. The van der Waals surface area contributed by atoms with Gasteiger partial charge < -0.3 is 16.4 Å². The van der Waals surface area contributed by atoms with Gasteiger partial charge in [-0.1, -0.05) is 19.1 Å². The molecule has 0 saturated carbocycles.